The van der Waals surface area contributed by atoms with Crippen LogP contribution in [0.3, 0.4) is 0 Å². The maximum atomic E-state index is 3.36. The van der Waals surface area contributed by atoms with Crippen molar-refractivity contribution in [3.8, 4) is 0 Å². The average molecular weight is 231 g/mol. The standard InChI is InChI=1S/C7H7Br.3FH/c1-6-3-2-4-7(8)5-6;;;/h2-5H,1H3;3*1H. The predicted octanol–water partition coefficient (Wildman–Crippen LogP) is 3.22. The molecule has 0 amide bonds. The zero-order chi connectivity index (χ0) is 5.98. The smallest absolute Gasteiger partial charge is 0.0177 e. The van der Waals surface area contributed by atoms with E-state index < -0.39 is 0 Å². The van der Waals surface area contributed by atoms with E-state index in [9.17, 15) is 0 Å². The van der Waals surface area contributed by atoms with Crippen molar-refractivity contribution in [1.82, 2.24) is 0 Å². The van der Waals surface area contributed by atoms with Crippen LogP contribution in [-0.4, -0.2) is 0 Å². The summed E-state index contributed by atoms with van der Waals surface area (Å²) >= 11 is 3.36. The summed E-state index contributed by atoms with van der Waals surface area (Å²) in [5.74, 6) is 0. The highest BCUT2D eigenvalue weighted by molar-refractivity contribution is 9.10. The lowest BCUT2D eigenvalue weighted by atomic mass is 10.2. The summed E-state index contributed by atoms with van der Waals surface area (Å²) in [6.07, 6.45) is 0. The first-order chi connectivity index (χ1) is 3.79. The van der Waals surface area contributed by atoms with E-state index >= 15 is 0 Å². The Hall–Kier alpha value is -0.510. The maximum Gasteiger partial charge on any atom is 0.0177 e. The third-order valence-electron chi connectivity index (χ3n) is 0.980. The van der Waals surface area contributed by atoms with E-state index in [0.29, 0.717) is 0 Å². The lowest BCUT2D eigenvalue weighted by Crippen LogP contribution is -1.67. The molecule has 0 saturated heterocycles. The first-order valence-electron chi connectivity index (χ1n) is 2.51. The highest BCUT2D eigenvalue weighted by Gasteiger charge is 1.82. The third-order valence-corrected chi connectivity index (χ3v) is 1.47. The van der Waals surface area contributed by atoms with Crippen molar-refractivity contribution in [1.29, 1.82) is 0 Å². The molecule has 0 N–H and O–H groups in total. The SMILES string of the molecule is Cc1cccc(Br)c1.F.F.F. The molecule has 1 rings (SSSR count). The molecule has 0 aromatic heterocycles. The van der Waals surface area contributed by atoms with Crippen LogP contribution in [-0.2, 0) is 0 Å². The van der Waals surface area contributed by atoms with Crippen LogP contribution < -0.4 is 0 Å². The zero-order valence-corrected chi connectivity index (χ0v) is 7.50. The number of benzene rings is 1. The fraction of sp³-hybridized carbons (Fsp3) is 0.143. The molecule has 0 bridgehead atoms. The minimum absolute atomic E-state index is 0. The van der Waals surface area contributed by atoms with Crippen LogP contribution in [0.15, 0.2) is 28.7 Å². The number of rotatable bonds is 0. The van der Waals surface area contributed by atoms with Gasteiger partial charge in [-0.3, -0.25) is 14.1 Å². The van der Waals surface area contributed by atoms with Crippen molar-refractivity contribution < 1.29 is 14.1 Å². The maximum absolute atomic E-state index is 3.36. The fourth-order valence-corrected chi connectivity index (χ4v) is 1.12. The molecule has 66 valence electrons. The highest BCUT2D eigenvalue weighted by Crippen LogP contribution is 2.09. The van der Waals surface area contributed by atoms with E-state index in [2.05, 4.69) is 35.0 Å². The molecule has 0 aliphatic heterocycles. The van der Waals surface area contributed by atoms with E-state index in [1.54, 1.807) is 0 Å². The molecule has 1 aromatic carbocycles. The minimum atomic E-state index is 0. The van der Waals surface area contributed by atoms with Gasteiger partial charge in [-0.25, -0.2) is 0 Å². The van der Waals surface area contributed by atoms with Crippen LogP contribution >= 0.6 is 15.9 Å². The van der Waals surface area contributed by atoms with Crippen LogP contribution in [0.5, 0.6) is 0 Å². The molecule has 0 heterocycles. The summed E-state index contributed by atoms with van der Waals surface area (Å²) in [4.78, 5) is 0. The fourth-order valence-electron chi connectivity index (χ4n) is 0.606. The molecule has 0 aliphatic carbocycles. The molecule has 0 unspecified atom stereocenters. The Morgan fingerprint density at radius 3 is 1.91 bits per heavy atom. The summed E-state index contributed by atoms with van der Waals surface area (Å²) in [6.45, 7) is 2.07. The number of aryl methyl sites for hydroxylation is 1. The average Bonchev–Trinajstić information content (AvgIpc) is 1.64. The number of hydrogen-bond donors (Lipinski definition) is 0. The van der Waals surface area contributed by atoms with Crippen LogP contribution in [0.25, 0.3) is 0 Å². The molecule has 0 atom stereocenters. The van der Waals surface area contributed by atoms with Crippen LogP contribution in [0.2, 0.25) is 0 Å². The van der Waals surface area contributed by atoms with Gasteiger partial charge in [0.05, 0.1) is 0 Å². The minimum Gasteiger partial charge on any atom is -0.269 e. The van der Waals surface area contributed by atoms with E-state index in [1.165, 1.54) is 5.56 Å². The summed E-state index contributed by atoms with van der Waals surface area (Å²) < 4.78 is 1.15. The van der Waals surface area contributed by atoms with E-state index in [1.807, 2.05) is 12.1 Å². The summed E-state index contributed by atoms with van der Waals surface area (Å²) in [5.41, 5.74) is 1.29. The van der Waals surface area contributed by atoms with Gasteiger partial charge in [-0.1, -0.05) is 33.6 Å². The van der Waals surface area contributed by atoms with Crippen molar-refractivity contribution in [3.63, 3.8) is 0 Å². The Morgan fingerprint density at radius 1 is 1.09 bits per heavy atom. The molecular weight excluding hydrogens is 221 g/mol. The third kappa shape index (κ3) is 5.91. The van der Waals surface area contributed by atoms with Crippen LogP contribution in [0, 0.1) is 6.92 Å². The van der Waals surface area contributed by atoms with Crippen molar-refractivity contribution in [2.45, 2.75) is 6.92 Å². The molecule has 4 heteroatoms. The molecule has 0 aliphatic rings. The molecule has 0 radical (unpaired) electrons. The Morgan fingerprint density at radius 2 is 1.64 bits per heavy atom. The van der Waals surface area contributed by atoms with Gasteiger partial charge in [-0.15, -0.1) is 0 Å². The van der Waals surface area contributed by atoms with Gasteiger partial charge in [-0.05, 0) is 19.1 Å². The lowest BCUT2D eigenvalue weighted by Gasteiger charge is -1.89. The number of hydrogen-bond acceptors (Lipinski definition) is 0. The van der Waals surface area contributed by atoms with Gasteiger partial charge in [0.15, 0.2) is 0 Å². The highest BCUT2D eigenvalue weighted by atomic mass is 79.9. The molecule has 11 heavy (non-hydrogen) atoms. The van der Waals surface area contributed by atoms with Crippen molar-refractivity contribution in [3.05, 3.63) is 34.3 Å². The first-order valence-corrected chi connectivity index (χ1v) is 3.30. The van der Waals surface area contributed by atoms with E-state index in [0.717, 1.165) is 4.47 Å². The molecule has 0 nitrogen and oxygen atoms in total. The quantitative estimate of drug-likeness (QED) is 0.643. The summed E-state index contributed by atoms with van der Waals surface area (Å²) in [7, 11) is 0. The molecule has 0 fully saturated rings. The van der Waals surface area contributed by atoms with Gasteiger partial charge in [0.2, 0.25) is 0 Å². The predicted molar refractivity (Wildman–Crippen MR) is 46.4 cm³/mol. The van der Waals surface area contributed by atoms with Gasteiger partial charge in [0.25, 0.3) is 0 Å². The second-order valence-electron chi connectivity index (χ2n) is 1.80. The first kappa shape index (κ1) is 16.8. The van der Waals surface area contributed by atoms with Crippen molar-refractivity contribution in [2.24, 2.45) is 0 Å². The van der Waals surface area contributed by atoms with Gasteiger partial charge >= 0.3 is 0 Å². The van der Waals surface area contributed by atoms with Crippen molar-refractivity contribution in [2.75, 3.05) is 0 Å². The Bertz CT molecular complexity index is 174. The topological polar surface area (TPSA) is 0 Å². The lowest BCUT2D eigenvalue weighted by molar-refractivity contribution is 1.11. The van der Waals surface area contributed by atoms with Gasteiger partial charge in [-0.2, -0.15) is 0 Å². The van der Waals surface area contributed by atoms with Crippen molar-refractivity contribution >= 4 is 15.9 Å². The molecule has 0 spiro atoms. The van der Waals surface area contributed by atoms with Gasteiger partial charge in [0, 0.05) is 4.47 Å². The zero-order valence-electron chi connectivity index (χ0n) is 5.91. The molecular formula is C7H10BrF3. The summed E-state index contributed by atoms with van der Waals surface area (Å²) in [5, 5.41) is 0. The van der Waals surface area contributed by atoms with Gasteiger partial charge in [0.1, 0.15) is 0 Å². The van der Waals surface area contributed by atoms with E-state index in [4.69, 9.17) is 0 Å². The Kier molecular flexibility index (Phi) is 11.6. The second kappa shape index (κ2) is 7.60. The second-order valence-corrected chi connectivity index (χ2v) is 2.71. The van der Waals surface area contributed by atoms with Crippen LogP contribution in [0.4, 0.5) is 14.1 Å². The molecule has 0 saturated carbocycles. The monoisotopic (exact) mass is 230 g/mol. The summed E-state index contributed by atoms with van der Waals surface area (Å²) in [6, 6.07) is 8.21. The van der Waals surface area contributed by atoms with E-state index in [-0.39, 0.29) is 14.1 Å². The van der Waals surface area contributed by atoms with Crippen LogP contribution in [0.1, 0.15) is 5.56 Å². The Balaban J connectivity index is -0.000000213. The Labute approximate surface area is 71.8 Å². The normalized spacial score (nSPS) is 6.73. The molecule has 1 aromatic rings. The largest absolute Gasteiger partial charge is 0.269 e. The van der Waals surface area contributed by atoms with Gasteiger partial charge < -0.3 is 0 Å². The number of halogens is 4.